The Morgan fingerprint density at radius 1 is 1.23 bits per heavy atom. The monoisotopic (exact) mass is 389 g/mol. The molecule has 1 aromatic carbocycles. The van der Waals surface area contributed by atoms with E-state index in [2.05, 4.69) is 31.9 Å². The maximum atomic E-state index is 11.7. The van der Waals surface area contributed by atoms with Crippen molar-refractivity contribution in [1.29, 1.82) is 0 Å². The van der Waals surface area contributed by atoms with E-state index in [0.29, 0.717) is 12.1 Å². The van der Waals surface area contributed by atoms with E-state index in [1.54, 1.807) is 24.3 Å². The molecule has 7 nitrogen and oxygen atoms in total. The number of carbonyl (C=O) groups is 2. The molecule has 2 rings (SSSR count). The summed E-state index contributed by atoms with van der Waals surface area (Å²) in [6.07, 6.45) is 0.404. The summed E-state index contributed by atoms with van der Waals surface area (Å²) in [6, 6.07) is 6.09. The fourth-order valence-electron chi connectivity index (χ4n) is 2.04. The van der Waals surface area contributed by atoms with Gasteiger partial charge in [-0.15, -0.1) is 0 Å². The molecule has 9 heteroatoms. The number of urea groups is 1. The van der Waals surface area contributed by atoms with E-state index in [1.807, 2.05) is 0 Å². The zero-order valence-corrected chi connectivity index (χ0v) is 14.0. The van der Waals surface area contributed by atoms with Gasteiger partial charge in [0.05, 0.1) is 18.1 Å². The van der Waals surface area contributed by atoms with Gasteiger partial charge in [0, 0.05) is 16.2 Å². The first-order valence-electron chi connectivity index (χ1n) is 6.64. The van der Waals surface area contributed by atoms with Gasteiger partial charge >= 0.3 is 6.03 Å². The van der Waals surface area contributed by atoms with Gasteiger partial charge in [0.15, 0.2) is 9.84 Å². The van der Waals surface area contributed by atoms with Crippen molar-refractivity contribution in [2.75, 3.05) is 23.4 Å². The predicted octanol–water partition coefficient (Wildman–Crippen LogP) is 0.874. The Morgan fingerprint density at radius 3 is 2.50 bits per heavy atom. The molecule has 0 radical (unpaired) electrons. The van der Waals surface area contributed by atoms with E-state index in [0.717, 1.165) is 4.47 Å². The van der Waals surface area contributed by atoms with Gasteiger partial charge in [-0.25, -0.2) is 13.2 Å². The molecule has 1 aliphatic heterocycles. The van der Waals surface area contributed by atoms with Gasteiger partial charge in [-0.05, 0) is 30.7 Å². The Labute approximate surface area is 136 Å². The molecule has 120 valence electrons. The number of nitrogens with one attached hydrogen (secondary N) is 3. The molecule has 1 unspecified atom stereocenters. The molecule has 1 aliphatic rings. The minimum absolute atomic E-state index is 0.0501. The number of anilines is 1. The quantitative estimate of drug-likeness (QED) is 0.710. The highest BCUT2D eigenvalue weighted by molar-refractivity contribution is 9.10. The van der Waals surface area contributed by atoms with Crippen LogP contribution in [0, 0.1) is 0 Å². The van der Waals surface area contributed by atoms with Crippen LogP contribution < -0.4 is 16.0 Å². The lowest BCUT2D eigenvalue weighted by Gasteiger charge is -2.12. The van der Waals surface area contributed by atoms with Gasteiger partial charge in [-0.2, -0.15) is 0 Å². The van der Waals surface area contributed by atoms with Gasteiger partial charge in [0.1, 0.15) is 0 Å². The molecule has 0 spiro atoms. The van der Waals surface area contributed by atoms with Gasteiger partial charge < -0.3 is 16.0 Å². The molecule has 0 aliphatic carbocycles. The van der Waals surface area contributed by atoms with E-state index in [4.69, 9.17) is 0 Å². The minimum atomic E-state index is -3.04. The van der Waals surface area contributed by atoms with Crippen LogP contribution in [-0.2, 0) is 14.6 Å². The molecule has 3 amide bonds. The van der Waals surface area contributed by atoms with Crippen molar-refractivity contribution in [2.24, 2.45) is 0 Å². The summed E-state index contributed by atoms with van der Waals surface area (Å²) in [4.78, 5) is 23.3. The van der Waals surface area contributed by atoms with Crippen LogP contribution in [0.15, 0.2) is 28.7 Å². The summed E-state index contributed by atoms with van der Waals surface area (Å²) >= 11 is 3.29. The summed E-state index contributed by atoms with van der Waals surface area (Å²) in [7, 11) is -3.04. The van der Waals surface area contributed by atoms with Gasteiger partial charge in [-0.1, -0.05) is 15.9 Å². The molecule has 0 saturated carbocycles. The molecule has 0 bridgehead atoms. The van der Waals surface area contributed by atoms with Crippen molar-refractivity contribution < 1.29 is 18.0 Å². The average molecular weight is 390 g/mol. The fraction of sp³-hybridized carbons (Fsp3) is 0.385. The first kappa shape index (κ1) is 16.8. The number of sulfone groups is 1. The first-order valence-corrected chi connectivity index (χ1v) is 9.26. The largest absolute Gasteiger partial charge is 0.334 e. The third kappa shape index (κ3) is 5.30. The summed E-state index contributed by atoms with van der Waals surface area (Å²) in [5.74, 6) is -0.329. The fourth-order valence-corrected chi connectivity index (χ4v) is 3.98. The number of hydrogen-bond acceptors (Lipinski definition) is 4. The molecule has 22 heavy (non-hydrogen) atoms. The van der Waals surface area contributed by atoms with Crippen LogP contribution in [0.25, 0.3) is 0 Å². The lowest BCUT2D eigenvalue weighted by molar-refractivity contribution is -0.115. The first-order chi connectivity index (χ1) is 10.3. The topological polar surface area (TPSA) is 104 Å². The maximum Gasteiger partial charge on any atom is 0.315 e. The molecule has 1 saturated heterocycles. The Hall–Kier alpha value is -1.61. The van der Waals surface area contributed by atoms with Crippen LogP contribution in [0.3, 0.4) is 0 Å². The molecular formula is C13H16BrN3O4S. The second-order valence-electron chi connectivity index (χ2n) is 4.98. The van der Waals surface area contributed by atoms with Crippen LogP contribution >= 0.6 is 15.9 Å². The molecule has 1 fully saturated rings. The standard InChI is InChI=1S/C13H16BrN3O4S/c14-9-1-3-10(4-2-9)16-12(18)7-15-13(19)17-11-5-6-22(20,21)8-11/h1-4,11H,5-8H2,(H,16,18)(H2,15,17,19). The van der Waals surface area contributed by atoms with Gasteiger partial charge in [-0.3, -0.25) is 4.79 Å². The highest BCUT2D eigenvalue weighted by atomic mass is 79.9. The Balaban J connectivity index is 1.72. The van der Waals surface area contributed by atoms with E-state index < -0.39 is 15.9 Å². The van der Waals surface area contributed by atoms with E-state index >= 15 is 0 Å². The molecule has 3 N–H and O–H groups in total. The van der Waals surface area contributed by atoms with Crippen LogP contribution in [0.1, 0.15) is 6.42 Å². The zero-order chi connectivity index (χ0) is 16.2. The van der Waals surface area contributed by atoms with Crippen LogP contribution in [0.5, 0.6) is 0 Å². The summed E-state index contributed by atoms with van der Waals surface area (Å²) in [5, 5.41) is 7.58. The Morgan fingerprint density at radius 2 is 1.91 bits per heavy atom. The number of hydrogen-bond donors (Lipinski definition) is 3. The number of rotatable bonds is 4. The third-order valence-electron chi connectivity index (χ3n) is 3.11. The van der Waals surface area contributed by atoms with Crippen molar-refractivity contribution in [1.82, 2.24) is 10.6 Å². The van der Waals surface area contributed by atoms with Crippen molar-refractivity contribution >= 4 is 43.4 Å². The average Bonchev–Trinajstić information content (AvgIpc) is 2.78. The zero-order valence-electron chi connectivity index (χ0n) is 11.6. The molecule has 0 aromatic heterocycles. The predicted molar refractivity (Wildman–Crippen MR) is 86.4 cm³/mol. The molecule has 1 atom stereocenters. The Bertz CT molecular complexity index is 660. The third-order valence-corrected chi connectivity index (χ3v) is 5.40. The number of benzene rings is 1. The highest BCUT2D eigenvalue weighted by Crippen LogP contribution is 2.14. The summed E-state index contributed by atoms with van der Waals surface area (Å²) in [6.45, 7) is -0.193. The Kier molecular flexibility index (Phi) is 5.41. The van der Waals surface area contributed by atoms with E-state index in [1.165, 1.54) is 0 Å². The number of carbonyl (C=O) groups excluding carboxylic acids is 2. The van der Waals surface area contributed by atoms with Crippen molar-refractivity contribution in [2.45, 2.75) is 12.5 Å². The van der Waals surface area contributed by atoms with Crippen LogP contribution in [0.4, 0.5) is 10.5 Å². The summed E-state index contributed by atoms with van der Waals surface area (Å²) < 4.78 is 23.5. The summed E-state index contributed by atoms with van der Waals surface area (Å²) in [5.41, 5.74) is 0.622. The lowest BCUT2D eigenvalue weighted by Crippen LogP contribution is -2.45. The normalized spacial score (nSPS) is 19.4. The van der Waals surface area contributed by atoms with Gasteiger partial charge in [0.2, 0.25) is 5.91 Å². The van der Waals surface area contributed by atoms with Crippen LogP contribution in [0.2, 0.25) is 0 Å². The van der Waals surface area contributed by atoms with E-state index in [-0.39, 0.29) is 30.0 Å². The highest BCUT2D eigenvalue weighted by Gasteiger charge is 2.28. The molecule has 1 aromatic rings. The van der Waals surface area contributed by atoms with Crippen molar-refractivity contribution in [3.63, 3.8) is 0 Å². The maximum absolute atomic E-state index is 11.7. The minimum Gasteiger partial charge on any atom is -0.334 e. The number of halogens is 1. The van der Waals surface area contributed by atoms with Crippen molar-refractivity contribution in [3.8, 4) is 0 Å². The van der Waals surface area contributed by atoms with E-state index in [9.17, 15) is 18.0 Å². The molecular weight excluding hydrogens is 374 g/mol. The van der Waals surface area contributed by atoms with Crippen molar-refractivity contribution in [3.05, 3.63) is 28.7 Å². The number of amides is 3. The van der Waals surface area contributed by atoms with Crippen LogP contribution in [-0.4, -0.2) is 44.4 Å². The smallest absolute Gasteiger partial charge is 0.315 e. The van der Waals surface area contributed by atoms with Gasteiger partial charge in [0.25, 0.3) is 0 Å². The SMILES string of the molecule is O=C(CNC(=O)NC1CCS(=O)(=O)C1)Nc1ccc(Br)cc1. The second kappa shape index (κ2) is 7.10. The second-order valence-corrected chi connectivity index (χ2v) is 8.13. The molecule has 1 heterocycles. The lowest BCUT2D eigenvalue weighted by atomic mass is 10.3.